The summed E-state index contributed by atoms with van der Waals surface area (Å²) in [6.07, 6.45) is 4.77. The summed E-state index contributed by atoms with van der Waals surface area (Å²) in [5.74, 6) is 0. The second-order valence-corrected chi connectivity index (χ2v) is 3.92. The van der Waals surface area contributed by atoms with E-state index in [1.54, 1.807) is 17.1 Å². The molecule has 0 saturated carbocycles. The zero-order chi connectivity index (χ0) is 13.5. The Kier molecular flexibility index (Phi) is 4.28. The van der Waals surface area contributed by atoms with E-state index in [1.165, 1.54) is 6.33 Å². The van der Waals surface area contributed by atoms with Crippen LogP contribution >= 0.6 is 0 Å². The first-order valence-electron chi connectivity index (χ1n) is 5.85. The summed E-state index contributed by atoms with van der Waals surface area (Å²) < 4.78 is 1.72. The van der Waals surface area contributed by atoms with Crippen LogP contribution in [0.5, 0.6) is 0 Å². The maximum Gasteiger partial charge on any atom is 0.319 e. The third kappa shape index (κ3) is 3.95. The van der Waals surface area contributed by atoms with Gasteiger partial charge in [-0.25, -0.2) is 14.5 Å². The maximum absolute atomic E-state index is 11.5. The number of carbonyl (C=O) groups is 1. The number of amides is 2. The summed E-state index contributed by atoms with van der Waals surface area (Å²) in [7, 11) is 0. The molecule has 1 heterocycles. The lowest BCUT2D eigenvalue weighted by Gasteiger charge is -2.08. The van der Waals surface area contributed by atoms with E-state index in [2.05, 4.69) is 27.3 Å². The minimum Gasteiger partial charge on any atom is -0.334 e. The highest BCUT2D eigenvalue weighted by atomic mass is 16.2. The molecule has 0 fully saturated rings. The van der Waals surface area contributed by atoms with Crippen LogP contribution < -0.4 is 10.6 Å². The molecule has 0 aliphatic carbocycles. The number of hydrogen-bond acceptors (Lipinski definition) is 3. The summed E-state index contributed by atoms with van der Waals surface area (Å²) in [6, 6.07) is 7.33. The van der Waals surface area contributed by atoms with E-state index in [4.69, 9.17) is 0 Å². The largest absolute Gasteiger partial charge is 0.334 e. The number of carbonyl (C=O) groups excluding carboxylic acids is 1. The third-order valence-electron chi connectivity index (χ3n) is 2.40. The molecule has 0 saturated heterocycles. The van der Waals surface area contributed by atoms with Gasteiger partial charge in [-0.15, -0.1) is 6.58 Å². The Hall–Kier alpha value is -2.63. The van der Waals surface area contributed by atoms with Crippen LogP contribution in [-0.2, 0) is 6.54 Å². The van der Waals surface area contributed by atoms with Crippen LogP contribution in [0.2, 0.25) is 0 Å². The van der Waals surface area contributed by atoms with Crippen molar-refractivity contribution in [2.24, 2.45) is 0 Å². The molecule has 6 nitrogen and oxygen atoms in total. The highest BCUT2D eigenvalue weighted by Gasteiger charge is 2.01. The van der Waals surface area contributed by atoms with Gasteiger partial charge in [0.1, 0.15) is 12.7 Å². The Balaban J connectivity index is 1.98. The second-order valence-electron chi connectivity index (χ2n) is 3.92. The normalized spacial score (nSPS) is 9.89. The first-order chi connectivity index (χ1) is 9.28. The minimum atomic E-state index is -0.252. The van der Waals surface area contributed by atoms with Gasteiger partial charge in [-0.1, -0.05) is 18.2 Å². The molecule has 0 radical (unpaired) electrons. The molecule has 2 rings (SSSR count). The zero-order valence-corrected chi connectivity index (χ0v) is 10.4. The molecule has 1 aromatic carbocycles. The van der Waals surface area contributed by atoms with Gasteiger partial charge in [0.2, 0.25) is 0 Å². The summed E-state index contributed by atoms with van der Waals surface area (Å²) in [6.45, 7) is 4.59. The molecule has 2 amide bonds. The van der Waals surface area contributed by atoms with Crippen molar-refractivity contribution >= 4 is 11.7 Å². The van der Waals surface area contributed by atoms with Gasteiger partial charge in [-0.3, -0.25) is 0 Å². The van der Waals surface area contributed by atoms with E-state index in [9.17, 15) is 4.79 Å². The zero-order valence-electron chi connectivity index (χ0n) is 10.4. The smallest absolute Gasteiger partial charge is 0.319 e. The number of nitrogens with one attached hydrogen (secondary N) is 2. The van der Waals surface area contributed by atoms with Crippen molar-refractivity contribution in [1.82, 2.24) is 20.1 Å². The molecule has 2 N–H and O–H groups in total. The van der Waals surface area contributed by atoms with Crippen LogP contribution in [0.3, 0.4) is 0 Å². The van der Waals surface area contributed by atoms with Crippen LogP contribution in [0.4, 0.5) is 10.5 Å². The fourth-order valence-electron chi connectivity index (χ4n) is 1.59. The second kappa shape index (κ2) is 6.34. The molecule has 0 unspecified atom stereocenters. The van der Waals surface area contributed by atoms with Crippen molar-refractivity contribution in [2.45, 2.75) is 6.54 Å². The van der Waals surface area contributed by atoms with Crippen molar-refractivity contribution in [3.8, 4) is 0 Å². The SMILES string of the molecule is C=CCNC(=O)Nc1cccc(Cn2cncn2)c1. The van der Waals surface area contributed by atoms with Crippen molar-refractivity contribution in [3.63, 3.8) is 0 Å². The summed E-state index contributed by atoms with van der Waals surface area (Å²) in [5, 5.41) is 9.44. The Morgan fingerprint density at radius 1 is 1.47 bits per heavy atom. The van der Waals surface area contributed by atoms with Crippen molar-refractivity contribution in [2.75, 3.05) is 11.9 Å². The predicted octanol–water partition coefficient (Wildman–Crippen LogP) is 1.63. The molecular weight excluding hydrogens is 242 g/mol. The first kappa shape index (κ1) is 12.8. The molecule has 1 aromatic heterocycles. The molecule has 0 aliphatic rings. The summed E-state index contributed by atoms with van der Waals surface area (Å²) >= 11 is 0. The molecule has 0 spiro atoms. The van der Waals surface area contributed by atoms with Crippen molar-refractivity contribution < 1.29 is 4.79 Å². The van der Waals surface area contributed by atoms with Crippen molar-refractivity contribution in [3.05, 3.63) is 55.1 Å². The Labute approximate surface area is 111 Å². The average molecular weight is 257 g/mol. The number of benzene rings is 1. The van der Waals surface area contributed by atoms with Crippen molar-refractivity contribution in [1.29, 1.82) is 0 Å². The summed E-state index contributed by atoms with van der Waals surface area (Å²) in [4.78, 5) is 15.4. The minimum absolute atomic E-state index is 0.252. The lowest BCUT2D eigenvalue weighted by molar-refractivity contribution is 0.253. The third-order valence-corrected chi connectivity index (χ3v) is 2.40. The molecular formula is C13H15N5O. The predicted molar refractivity (Wildman–Crippen MR) is 72.8 cm³/mol. The summed E-state index contributed by atoms with van der Waals surface area (Å²) in [5.41, 5.74) is 1.77. The van der Waals surface area contributed by atoms with Crippen LogP contribution in [0.1, 0.15) is 5.56 Å². The number of rotatable bonds is 5. The number of anilines is 1. The fraction of sp³-hybridized carbons (Fsp3) is 0.154. The Morgan fingerprint density at radius 2 is 2.37 bits per heavy atom. The van der Waals surface area contributed by atoms with E-state index < -0.39 is 0 Å². The van der Waals surface area contributed by atoms with Gasteiger partial charge in [0.05, 0.1) is 6.54 Å². The molecule has 19 heavy (non-hydrogen) atoms. The Morgan fingerprint density at radius 3 is 3.11 bits per heavy atom. The number of aromatic nitrogens is 3. The highest BCUT2D eigenvalue weighted by Crippen LogP contribution is 2.11. The van der Waals surface area contributed by atoms with E-state index in [1.807, 2.05) is 24.3 Å². The van der Waals surface area contributed by atoms with E-state index in [0.29, 0.717) is 13.1 Å². The van der Waals surface area contributed by atoms with Crippen LogP contribution in [-0.4, -0.2) is 27.3 Å². The van der Waals surface area contributed by atoms with Crippen LogP contribution in [0.15, 0.2) is 49.6 Å². The Bertz CT molecular complexity index is 550. The monoisotopic (exact) mass is 257 g/mol. The van der Waals surface area contributed by atoms with Gasteiger partial charge < -0.3 is 10.6 Å². The van der Waals surface area contributed by atoms with Gasteiger partial charge >= 0.3 is 6.03 Å². The number of hydrogen-bond donors (Lipinski definition) is 2. The molecule has 2 aromatic rings. The van der Waals surface area contributed by atoms with Gasteiger partial charge in [-0.05, 0) is 17.7 Å². The standard InChI is InChI=1S/C13H15N5O/c1-2-6-15-13(19)17-12-5-3-4-11(7-12)8-18-10-14-9-16-18/h2-5,7,9-10H,1,6,8H2,(H2,15,17,19). The van der Waals surface area contributed by atoms with Gasteiger partial charge in [-0.2, -0.15) is 5.10 Å². The number of nitrogens with zero attached hydrogens (tertiary/aromatic N) is 3. The van der Waals surface area contributed by atoms with Gasteiger partial charge in [0, 0.05) is 12.2 Å². The first-order valence-corrected chi connectivity index (χ1v) is 5.85. The van der Waals surface area contributed by atoms with Crippen LogP contribution in [0, 0.1) is 0 Å². The fourth-order valence-corrected chi connectivity index (χ4v) is 1.59. The highest BCUT2D eigenvalue weighted by molar-refractivity contribution is 5.89. The average Bonchev–Trinajstić information content (AvgIpc) is 2.89. The maximum atomic E-state index is 11.5. The quantitative estimate of drug-likeness (QED) is 0.800. The molecule has 0 bridgehead atoms. The topological polar surface area (TPSA) is 71.8 Å². The lowest BCUT2D eigenvalue weighted by atomic mass is 10.2. The van der Waals surface area contributed by atoms with E-state index in [0.717, 1.165) is 11.3 Å². The van der Waals surface area contributed by atoms with Gasteiger partial charge in [0.15, 0.2) is 0 Å². The lowest BCUT2D eigenvalue weighted by Crippen LogP contribution is -2.28. The van der Waals surface area contributed by atoms with E-state index >= 15 is 0 Å². The number of urea groups is 1. The van der Waals surface area contributed by atoms with Gasteiger partial charge in [0.25, 0.3) is 0 Å². The van der Waals surface area contributed by atoms with Crippen LogP contribution in [0.25, 0.3) is 0 Å². The molecule has 0 atom stereocenters. The van der Waals surface area contributed by atoms with E-state index in [-0.39, 0.29) is 6.03 Å². The molecule has 6 heteroatoms. The molecule has 98 valence electrons. The molecule has 0 aliphatic heterocycles.